The summed E-state index contributed by atoms with van der Waals surface area (Å²) in [4.78, 5) is 11.9. The lowest BCUT2D eigenvalue weighted by Gasteiger charge is -2.07. The molecule has 7 heteroatoms. The number of nitrogens with zero attached hydrogens (tertiary/aromatic N) is 1. The van der Waals surface area contributed by atoms with Crippen LogP contribution in [-0.4, -0.2) is 17.9 Å². The second-order valence-corrected chi connectivity index (χ2v) is 8.19. The first-order valence-corrected chi connectivity index (χ1v) is 11.1. The molecule has 0 atom stereocenters. The maximum absolute atomic E-state index is 11.9. The number of hydrogen-bond acceptors (Lipinski definition) is 4. The minimum atomic E-state index is -0.162. The zero-order chi connectivity index (χ0) is 21.2. The highest BCUT2D eigenvalue weighted by atomic mass is 35.5. The van der Waals surface area contributed by atoms with E-state index in [9.17, 15) is 4.79 Å². The van der Waals surface area contributed by atoms with Crippen molar-refractivity contribution < 1.29 is 9.53 Å². The molecule has 0 saturated carbocycles. The number of hydrazone groups is 1. The van der Waals surface area contributed by atoms with Crippen molar-refractivity contribution >= 4 is 47.1 Å². The number of hydrogen-bond donors (Lipinski definition) is 1. The molecule has 0 unspecified atom stereocenters. The Kier molecular flexibility index (Phi) is 8.63. The molecular weight excluding hydrogens is 439 g/mol. The zero-order valence-electron chi connectivity index (χ0n) is 16.1. The Morgan fingerprint density at radius 1 is 1.03 bits per heavy atom. The normalized spacial score (nSPS) is 10.9. The fourth-order valence-corrected chi connectivity index (χ4v) is 3.84. The minimum absolute atomic E-state index is 0.162. The number of benzene rings is 3. The summed E-state index contributed by atoms with van der Waals surface area (Å²) in [6.07, 6.45) is 1.59. The molecule has 0 radical (unpaired) electrons. The van der Waals surface area contributed by atoms with E-state index in [1.807, 2.05) is 72.8 Å². The van der Waals surface area contributed by atoms with Crippen LogP contribution in [0.25, 0.3) is 0 Å². The molecule has 0 fully saturated rings. The molecule has 0 aliphatic carbocycles. The number of carbonyl (C=O) groups excluding carboxylic acids is 1. The quantitative estimate of drug-likeness (QED) is 0.318. The lowest BCUT2D eigenvalue weighted by atomic mass is 10.2. The van der Waals surface area contributed by atoms with Crippen molar-refractivity contribution in [2.24, 2.45) is 5.10 Å². The van der Waals surface area contributed by atoms with Crippen molar-refractivity contribution in [2.75, 3.05) is 5.75 Å². The molecule has 0 aliphatic heterocycles. The van der Waals surface area contributed by atoms with Crippen LogP contribution in [0.3, 0.4) is 0 Å². The monoisotopic (exact) mass is 458 g/mol. The number of thioether (sulfide) groups is 1. The van der Waals surface area contributed by atoms with Gasteiger partial charge in [0.05, 0.1) is 12.0 Å². The Bertz CT molecular complexity index is 1010. The van der Waals surface area contributed by atoms with Crippen molar-refractivity contribution in [2.45, 2.75) is 12.4 Å². The molecule has 3 rings (SSSR count). The molecule has 0 bridgehead atoms. The molecule has 30 heavy (non-hydrogen) atoms. The predicted octanol–water partition coefficient (Wildman–Crippen LogP) is 5.96. The van der Waals surface area contributed by atoms with Crippen molar-refractivity contribution in [3.63, 3.8) is 0 Å². The summed E-state index contributed by atoms with van der Waals surface area (Å²) in [5.74, 6) is 1.56. The lowest BCUT2D eigenvalue weighted by Crippen LogP contribution is -2.19. The van der Waals surface area contributed by atoms with Crippen LogP contribution in [0.15, 0.2) is 77.9 Å². The van der Waals surface area contributed by atoms with E-state index in [1.54, 1.807) is 6.21 Å². The van der Waals surface area contributed by atoms with Gasteiger partial charge in [-0.1, -0.05) is 53.5 Å². The van der Waals surface area contributed by atoms with Crippen LogP contribution in [0.4, 0.5) is 0 Å². The van der Waals surface area contributed by atoms with E-state index in [-0.39, 0.29) is 5.91 Å². The molecule has 3 aromatic rings. The van der Waals surface area contributed by atoms with E-state index >= 15 is 0 Å². The Balaban J connectivity index is 1.39. The standard InChI is InChI=1S/C23H20Cl2N2O2S/c24-20-6-3-4-18(12-20)14-29-21-10-8-17(9-11-21)13-26-27-23(28)16-30-15-19-5-1-2-7-22(19)25/h1-13H,14-16H2,(H,27,28)/b26-13-. The van der Waals surface area contributed by atoms with E-state index in [2.05, 4.69) is 10.5 Å². The number of nitrogens with one attached hydrogen (secondary N) is 1. The van der Waals surface area contributed by atoms with Crippen molar-refractivity contribution in [3.05, 3.63) is 99.5 Å². The molecule has 1 amide bonds. The summed E-state index contributed by atoms with van der Waals surface area (Å²) in [7, 11) is 0. The molecule has 0 heterocycles. The van der Waals surface area contributed by atoms with Gasteiger partial charge in [0, 0.05) is 15.8 Å². The molecule has 0 spiro atoms. The molecule has 0 aromatic heterocycles. The number of carbonyl (C=O) groups is 1. The molecule has 3 aromatic carbocycles. The smallest absolute Gasteiger partial charge is 0.250 e. The summed E-state index contributed by atoms with van der Waals surface area (Å²) in [6, 6.07) is 22.6. The second kappa shape index (κ2) is 11.6. The van der Waals surface area contributed by atoms with E-state index in [0.717, 1.165) is 22.4 Å². The van der Waals surface area contributed by atoms with Crippen molar-refractivity contribution in [1.82, 2.24) is 5.43 Å². The average molecular weight is 459 g/mol. The van der Waals surface area contributed by atoms with Gasteiger partial charge in [0.1, 0.15) is 12.4 Å². The zero-order valence-corrected chi connectivity index (χ0v) is 18.4. The minimum Gasteiger partial charge on any atom is -0.489 e. The Hall–Kier alpha value is -2.47. The SMILES string of the molecule is O=C(CSCc1ccccc1Cl)N/N=C\c1ccc(OCc2cccc(Cl)c2)cc1. The van der Waals surface area contributed by atoms with E-state index in [0.29, 0.717) is 28.2 Å². The van der Waals surface area contributed by atoms with Crippen LogP contribution in [0.2, 0.25) is 10.0 Å². The fourth-order valence-electron chi connectivity index (χ4n) is 2.52. The first kappa shape index (κ1) is 22.2. The van der Waals surface area contributed by atoms with Crippen LogP contribution in [0.1, 0.15) is 16.7 Å². The number of ether oxygens (including phenoxy) is 1. The van der Waals surface area contributed by atoms with Crippen molar-refractivity contribution in [1.29, 1.82) is 0 Å². The lowest BCUT2D eigenvalue weighted by molar-refractivity contribution is -0.118. The fraction of sp³-hybridized carbons (Fsp3) is 0.130. The van der Waals surface area contributed by atoms with Gasteiger partial charge >= 0.3 is 0 Å². The van der Waals surface area contributed by atoms with Gasteiger partial charge in [0.25, 0.3) is 0 Å². The molecule has 0 saturated heterocycles. The third-order valence-electron chi connectivity index (χ3n) is 4.03. The highest BCUT2D eigenvalue weighted by Crippen LogP contribution is 2.20. The van der Waals surface area contributed by atoms with Gasteiger partial charge in [-0.3, -0.25) is 4.79 Å². The maximum atomic E-state index is 11.9. The Morgan fingerprint density at radius 3 is 2.60 bits per heavy atom. The largest absolute Gasteiger partial charge is 0.489 e. The third-order valence-corrected chi connectivity index (χ3v) is 5.61. The van der Waals surface area contributed by atoms with E-state index in [1.165, 1.54) is 11.8 Å². The summed E-state index contributed by atoms with van der Waals surface area (Å²) >= 11 is 13.6. The average Bonchev–Trinajstić information content (AvgIpc) is 2.75. The van der Waals surface area contributed by atoms with Crippen LogP contribution in [0.5, 0.6) is 5.75 Å². The van der Waals surface area contributed by atoms with Gasteiger partial charge in [0.15, 0.2) is 0 Å². The topological polar surface area (TPSA) is 50.7 Å². The van der Waals surface area contributed by atoms with Crippen LogP contribution in [-0.2, 0) is 17.2 Å². The maximum Gasteiger partial charge on any atom is 0.250 e. The number of halogens is 2. The predicted molar refractivity (Wildman–Crippen MR) is 126 cm³/mol. The van der Waals surface area contributed by atoms with E-state index in [4.69, 9.17) is 27.9 Å². The molecule has 0 aliphatic rings. The first-order valence-electron chi connectivity index (χ1n) is 9.20. The molecule has 154 valence electrons. The number of amides is 1. The van der Waals surface area contributed by atoms with Gasteiger partial charge in [-0.05, 0) is 59.2 Å². The number of rotatable bonds is 9. The van der Waals surface area contributed by atoms with Gasteiger partial charge in [-0.15, -0.1) is 11.8 Å². The third kappa shape index (κ3) is 7.41. The van der Waals surface area contributed by atoms with Gasteiger partial charge in [-0.2, -0.15) is 5.10 Å². The summed E-state index contributed by atoms with van der Waals surface area (Å²) in [5.41, 5.74) is 5.40. The van der Waals surface area contributed by atoms with Crippen molar-refractivity contribution in [3.8, 4) is 5.75 Å². The van der Waals surface area contributed by atoms with Gasteiger partial charge in [0.2, 0.25) is 5.91 Å². The molecule has 1 N–H and O–H groups in total. The van der Waals surface area contributed by atoms with Crippen LogP contribution < -0.4 is 10.2 Å². The molecular formula is C23H20Cl2N2O2S. The highest BCUT2D eigenvalue weighted by Gasteiger charge is 2.03. The van der Waals surface area contributed by atoms with E-state index < -0.39 is 0 Å². The Labute approximate surface area is 190 Å². The summed E-state index contributed by atoms with van der Waals surface area (Å²) in [5, 5.41) is 5.40. The van der Waals surface area contributed by atoms with Crippen LogP contribution in [0, 0.1) is 0 Å². The summed E-state index contributed by atoms with van der Waals surface area (Å²) in [6.45, 7) is 0.440. The van der Waals surface area contributed by atoms with Crippen LogP contribution >= 0.6 is 35.0 Å². The Morgan fingerprint density at radius 2 is 1.83 bits per heavy atom. The van der Waals surface area contributed by atoms with Gasteiger partial charge < -0.3 is 4.74 Å². The molecule has 4 nitrogen and oxygen atoms in total. The second-order valence-electron chi connectivity index (χ2n) is 6.37. The highest BCUT2D eigenvalue weighted by molar-refractivity contribution is 7.99. The first-order chi connectivity index (χ1) is 14.6. The summed E-state index contributed by atoms with van der Waals surface area (Å²) < 4.78 is 5.75. The van der Waals surface area contributed by atoms with Gasteiger partial charge in [-0.25, -0.2) is 5.43 Å².